The number of nitrogens with zero attached hydrogens (tertiary/aromatic N) is 2. The van der Waals surface area contributed by atoms with Gasteiger partial charge in [-0.25, -0.2) is 9.48 Å². The molecule has 0 spiro atoms. The molecule has 0 amide bonds. The summed E-state index contributed by atoms with van der Waals surface area (Å²) in [5.74, 6) is -4.04. The summed E-state index contributed by atoms with van der Waals surface area (Å²) in [7, 11) is 1.34. The van der Waals surface area contributed by atoms with Crippen molar-refractivity contribution in [3.05, 3.63) is 22.5 Å². The van der Waals surface area contributed by atoms with Crippen LogP contribution in [0.4, 0.5) is 0 Å². The molecule has 2 heterocycles. The highest BCUT2D eigenvalue weighted by Crippen LogP contribution is 2.20. The molecule has 0 bridgehead atoms. The Balaban J connectivity index is 1.98. The molecule has 1 aromatic heterocycles. The van der Waals surface area contributed by atoms with E-state index in [9.17, 15) is 29.4 Å². The van der Waals surface area contributed by atoms with Crippen LogP contribution in [-0.4, -0.2) is 62.7 Å². The molecular formula is C16H21N3O8. The number of aryl methyl sites for hydroxylation is 1. The van der Waals surface area contributed by atoms with Gasteiger partial charge < -0.3 is 25.0 Å². The minimum Gasteiger partial charge on any atom is -0.479 e. The first kappa shape index (κ1) is 20.5. The minimum absolute atomic E-state index is 0.243. The highest BCUT2D eigenvalue weighted by Gasteiger charge is 2.42. The van der Waals surface area contributed by atoms with E-state index in [1.165, 1.54) is 7.05 Å². The van der Waals surface area contributed by atoms with Gasteiger partial charge in [-0.3, -0.25) is 14.4 Å². The molecule has 1 aliphatic rings. The van der Waals surface area contributed by atoms with Gasteiger partial charge in [-0.2, -0.15) is 0 Å². The second-order valence-electron chi connectivity index (χ2n) is 6.24. The minimum atomic E-state index is -2.68. The second kappa shape index (κ2) is 8.73. The number of nitrogens with one attached hydrogen (secondary N) is 1. The van der Waals surface area contributed by atoms with E-state index in [2.05, 4.69) is 10.4 Å². The van der Waals surface area contributed by atoms with E-state index in [0.29, 0.717) is 25.9 Å². The summed E-state index contributed by atoms with van der Waals surface area (Å²) in [5, 5.41) is 26.2. The molecule has 1 saturated heterocycles. The molecule has 1 aromatic rings. The third kappa shape index (κ3) is 5.86. The van der Waals surface area contributed by atoms with Gasteiger partial charge in [-0.1, -0.05) is 0 Å². The first-order valence-electron chi connectivity index (χ1n) is 8.30. The summed E-state index contributed by atoms with van der Waals surface area (Å²) >= 11 is 0. The van der Waals surface area contributed by atoms with Crippen molar-refractivity contribution in [3.63, 3.8) is 0 Å². The summed E-state index contributed by atoms with van der Waals surface area (Å²) in [6.45, 7) is 1.33. The van der Waals surface area contributed by atoms with Crippen LogP contribution in [0.1, 0.15) is 25.7 Å². The van der Waals surface area contributed by atoms with Crippen LogP contribution in [-0.2, 0) is 26.2 Å². The molecule has 2 rings (SSSR count). The third-order valence-electron chi connectivity index (χ3n) is 4.01. The number of carbonyl (C=O) groups is 3. The Bertz CT molecular complexity index is 771. The van der Waals surface area contributed by atoms with Crippen LogP contribution in [0, 0.1) is 0 Å². The summed E-state index contributed by atoms with van der Waals surface area (Å²) in [6, 6.07) is 2.24. The van der Waals surface area contributed by atoms with Gasteiger partial charge in [0.05, 0.1) is 12.8 Å². The fourth-order valence-electron chi connectivity index (χ4n) is 2.52. The van der Waals surface area contributed by atoms with Gasteiger partial charge in [0.1, 0.15) is 6.10 Å². The van der Waals surface area contributed by atoms with E-state index >= 15 is 0 Å². The summed E-state index contributed by atoms with van der Waals surface area (Å²) in [6.07, 6.45) is -1.09. The molecule has 0 aliphatic carbocycles. The van der Waals surface area contributed by atoms with Crippen LogP contribution < -0.4 is 15.6 Å². The van der Waals surface area contributed by atoms with E-state index in [4.69, 9.17) is 9.47 Å². The topological polar surface area (TPSA) is 157 Å². The number of ether oxygens (including phenoxy) is 2. The van der Waals surface area contributed by atoms with Crippen molar-refractivity contribution in [1.82, 2.24) is 15.1 Å². The molecule has 27 heavy (non-hydrogen) atoms. The van der Waals surface area contributed by atoms with Gasteiger partial charge >= 0.3 is 17.9 Å². The number of carbonyl (C=O) groups excluding carboxylic acids is 2. The lowest BCUT2D eigenvalue weighted by Crippen LogP contribution is -2.45. The molecule has 1 aliphatic heterocycles. The van der Waals surface area contributed by atoms with Crippen LogP contribution in [0.2, 0.25) is 0 Å². The Kier molecular flexibility index (Phi) is 6.64. The van der Waals surface area contributed by atoms with Crippen LogP contribution in [0.5, 0.6) is 5.88 Å². The summed E-state index contributed by atoms with van der Waals surface area (Å²) in [4.78, 5) is 46.6. The van der Waals surface area contributed by atoms with Gasteiger partial charge in [0.15, 0.2) is 5.60 Å². The molecule has 0 saturated carbocycles. The SMILES string of the molecule is Cn1nc(OC(=O)CC(O)(CC(=O)OC2CCNCC2)C(=O)O)ccc1=O. The molecule has 0 radical (unpaired) electrons. The number of carboxylic acids is 1. The van der Waals surface area contributed by atoms with Crippen LogP contribution >= 0.6 is 0 Å². The molecule has 1 atom stereocenters. The number of esters is 2. The molecule has 11 nitrogen and oxygen atoms in total. The van der Waals surface area contributed by atoms with E-state index in [0.717, 1.165) is 16.8 Å². The smallest absolute Gasteiger partial charge is 0.336 e. The van der Waals surface area contributed by atoms with E-state index in [-0.39, 0.29) is 12.0 Å². The predicted molar refractivity (Wildman–Crippen MR) is 88.9 cm³/mol. The number of piperidine rings is 1. The van der Waals surface area contributed by atoms with Crippen molar-refractivity contribution in [1.29, 1.82) is 0 Å². The van der Waals surface area contributed by atoms with Crippen LogP contribution in [0.15, 0.2) is 16.9 Å². The Morgan fingerprint density at radius 2 is 1.89 bits per heavy atom. The maximum Gasteiger partial charge on any atom is 0.336 e. The highest BCUT2D eigenvalue weighted by atomic mass is 16.6. The van der Waals surface area contributed by atoms with Crippen molar-refractivity contribution in [2.75, 3.05) is 13.1 Å². The zero-order valence-electron chi connectivity index (χ0n) is 14.7. The maximum atomic E-state index is 12.0. The highest BCUT2D eigenvalue weighted by molar-refractivity contribution is 5.89. The average molecular weight is 383 g/mol. The van der Waals surface area contributed by atoms with Gasteiger partial charge in [0.2, 0.25) is 5.88 Å². The summed E-state index contributed by atoms with van der Waals surface area (Å²) < 4.78 is 10.9. The number of aliphatic carboxylic acids is 1. The number of aromatic nitrogens is 2. The lowest BCUT2D eigenvalue weighted by molar-refractivity contribution is -0.173. The van der Waals surface area contributed by atoms with Gasteiger partial charge in [-0.05, 0) is 25.9 Å². The zero-order chi connectivity index (χ0) is 20.0. The first-order valence-corrected chi connectivity index (χ1v) is 8.30. The largest absolute Gasteiger partial charge is 0.479 e. The molecule has 11 heteroatoms. The lowest BCUT2D eigenvalue weighted by Gasteiger charge is -2.25. The van der Waals surface area contributed by atoms with Gasteiger partial charge in [-0.15, -0.1) is 5.10 Å². The average Bonchev–Trinajstić information content (AvgIpc) is 2.58. The molecule has 0 aromatic carbocycles. The number of rotatable bonds is 7. The van der Waals surface area contributed by atoms with Crippen molar-refractivity contribution in [3.8, 4) is 5.88 Å². The lowest BCUT2D eigenvalue weighted by atomic mass is 9.95. The molecule has 1 fully saturated rings. The zero-order valence-corrected chi connectivity index (χ0v) is 14.7. The van der Waals surface area contributed by atoms with E-state index in [1.807, 2.05) is 0 Å². The Morgan fingerprint density at radius 3 is 2.48 bits per heavy atom. The van der Waals surface area contributed by atoms with Gasteiger partial charge in [0.25, 0.3) is 5.56 Å². The monoisotopic (exact) mass is 383 g/mol. The van der Waals surface area contributed by atoms with Crippen molar-refractivity contribution in [2.24, 2.45) is 7.05 Å². The molecule has 3 N–H and O–H groups in total. The number of hydrogen-bond acceptors (Lipinski definition) is 9. The third-order valence-corrected chi connectivity index (χ3v) is 4.01. The normalized spacial score (nSPS) is 17.0. The first-order chi connectivity index (χ1) is 12.7. The van der Waals surface area contributed by atoms with E-state index < -0.39 is 41.9 Å². The van der Waals surface area contributed by atoms with Crippen LogP contribution in [0.25, 0.3) is 0 Å². The Morgan fingerprint density at radius 1 is 1.26 bits per heavy atom. The standard InChI is InChI=1S/C16H21N3O8/c1-19-12(20)3-2-11(18-19)27-14(22)9-16(25,15(23)24)8-13(21)26-10-4-6-17-7-5-10/h2-3,10,17,25H,4-9H2,1H3,(H,23,24). The number of hydrogen-bond donors (Lipinski definition) is 3. The van der Waals surface area contributed by atoms with Crippen LogP contribution in [0.3, 0.4) is 0 Å². The number of carboxylic acid groups (broad SMARTS) is 1. The van der Waals surface area contributed by atoms with Crippen molar-refractivity contribution in [2.45, 2.75) is 37.4 Å². The molecule has 148 valence electrons. The fourth-order valence-corrected chi connectivity index (χ4v) is 2.52. The van der Waals surface area contributed by atoms with Gasteiger partial charge in [0, 0.05) is 19.2 Å². The van der Waals surface area contributed by atoms with Crippen molar-refractivity contribution < 1.29 is 34.1 Å². The Labute approximate surface area is 153 Å². The maximum absolute atomic E-state index is 12.0. The Hall–Kier alpha value is -2.79. The number of aliphatic hydroxyl groups is 1. The second-order valence-corrected chi connectivity index (χ2v) is 6.24. The molecule has 1 unspecified atom stereocenters. The summed E-state index contributed by atoms with van der Waals surface area (Å²) in [5.41, 5.74) is -3.11. The van der Waals surface area contributed by atoms with Crippen molar-refractivity contribution >= 4 is 17.9 Å². The van der Waals surface area contributed by atoms with E-state index in [1.54, 1.807) is 0 Å². The quantitative estimate of drug-likeness (QED) is 0.477. The predicted octanol–water partition coefficient (Wildman–Crippen LogP) is -1.42. The fraction of sp³-hybridized carbons (Fsp3) is 0.562. The molecular weight excluding hydrogens is 362 g/mol.